The van der Waals surface area contributed by atoms with E-state index in [9.17, 15) is 25.2 Å². The third-order valence-electron chi connectivity index (χ3n) is 4.94. The van der Waals surface area contributed by atoms with Crippen LogP contribution in [0.15, 0.2) is 36.4 Å². The van der Waals surface area contributed by atoms with Crippen molar-refractivity contribution in [3.63, 3.8) is 0 Å². The Kier molecular flexibility index (Phi) is 5.91. The van der Waals surface area contributed by atoms with Crippen LogP contribution in [-0.4, -0.2) is 53.5 Å². The highest BCUT2D eigenvalue weighted by molar-refractivity contribution is 5.73. The van der Waals surface area contributed by atoms with Gasteiger partial charge in [-0.3, -0.25) is 4.79 Å². The Balaban J connectivity index is 2.15. The number of hydrogen-bond donors (Lipinski definition) is 4. The molecule has 0 aromatic heterocycles. The van der Waals surface area contributed by atoms with E-state index >= 15 is 0 Å². The van der Waals surface area contributed by atoms with E-state index in [0.29, 0.717) is 22.6 Å². The molecule has 2 aromatic rings. The van der Waals surface area contributed by atoms with Crippen molar-refractivity contribution in [2.75, 3.05) is 27.1 Å². The molecule has 28 heavy (non-hydrogen) atoms. The van der Waals surface area contributed by atoms with Crippen LogP contribution in [0.2, 0.25) is 0 Å². The van der Waals surface area contributed by atoms with Gasteiger partial charge in [-0.05, 0) is 35.4 Å². The van der Waals surface area contributed by atoms with Crippen LogP contribution in [0.3, 0.4) is 0 Å². The summed E-state index contributed by atoms with van der Waals surface area (Å²) in [6, 6.07) is 9.68. The topological polar surface area (TPSA) is 126 Å². The number of aliphatic hydroxyl groups is 2. The van der Waals surface area contributed by atoms with Crippen molar-refractivity contribution in [1.82, 2.24) is 0 Å². The first-order chi connectivity index (χ1) is 13.5. The van der Waals surface area contributed by atoms with Gasteiger partial charge in [0.25, 0.3) is 0 Å². The molecular formula is C20H22O8. The second kappa shape index (κ2) is 8.37. The van der Waals surface area contributed by atoms with Crippen molar-refractivity contribution in [2.24, 2.45) is 11.8 Å². The van der Waals surface area contributed by atoms with E-state index < -0.39 is 36.9 Å². The van der Waals surface area contributed by atoms with E-state index in [0.717, 1.165) is 0 Å². The summed E-state index contributed by atoms with van der Waals surface area (Å²) in [5.41, 5.74) is 1.09. The fourth-order valence-electron chi connectivity index (χ4n) is 3.52. The average Bonchev–Trinajstić information content (AvgIpc) is 3.16. The number of phenolic OH excluding ortho intramolecular Hbond substituents is 1. The third kappa shape index (κ3) is 3.69. The Morgan fingerprint density at radius 1 is 1.07 bits per heavy atom. The number of carboxylic acid groups (broad SMARTS) is 1. The van der Waals surface area contributed by atoms with E-state index in [1.54, 1.807) is 24.3 Å². The lowest BCUT2D eigenvalue weighted by molar-refractivity contribution is -0.145. The van der Waals surface area contributed by atoms with Gasteiger partial charge in [0.2, 0.25) is 6.79 Å². The normalized spacial score (nSPS) is 14.7. The molecule has 0 saturated heterocycles. The van der Waals surface area contributed by atoms with Crippen LogP contribution in [0.4, 0.5) is 0 Å². The molecule has 1 aliphatic rings. The Bertz CT molecular complexity index is 846. The lowest BCUT2D eigenvalue weighted by Crippen LogP contribution is -2.34. The van der Waals surface area contributed by atoms with Gasteiger partial charge < -0.3 is 34.6 Å². The van der Waals surface area contributed by atoms with Gasteiger partial charge in [-0.15, -0.1) is 0 Å². The molecule has 0 saturated carbocycles. The van der Waals surface area contributed by atoms with Crippen molar-refractivity contribution in [1.29, 1.82) is 0 Å². The minimum absolute atomic E-state index is 0.0744. The number of methoxy groups -OCH3 is 1. The second-order valence-electron chi connectivity index (χ2n) is 6.51. The fourth-order valence-corrected chi connectivity index (χ4v) is 3.52. The van der Waals surface area contributed by atoms with Crippen molar-refractivity contribution in [3.8, 4) is 23.0 Å². The summed E-state index contributed by atoms with van der Waals surface area (Å²) in [6.45, 7) is -0.932. The molecule has 2 aromatic carbocycles. The average molecular weight is 390 g/mol. The lowest BCUT2D eigenvalue weighted by Gasteiger charge is -2.30. The Hall–Kier alpha value is -2.97. The quantitative estimate of drug-likeness (QED) is 0.535. The largest absolute Gasteiger partial charge is 0.504 e. The van der Waals surface area contributed by atoms with Gasteiger partial charge in [-0.1, -0.05) is 12.1 Å². The smallest absolute Gasteiger partial charge is 0.307 e. The minimum Gasteiger partial charge on any atom is -0.504 e. The summed E-state index contributed by atoms with van der Waals surface area (Å²) in [7, 11) is 1.41. The third-order valence-corrected chi connectivity index (χ3v) is 4.94. The van der Waals surface area contributed by atoms with Crippen LogP contribution in [0.5, 0.6) is 23.0 Å². The molecule has 4 N–H and O–H groups in total. The molecule has 1 unspecified atom stereocenters. The maximum Gasteiger partial charge on any atom is 0.307 e. The van der Waals surface area contributed by atoms with E-state index in [-0.39, 0.29) is 18.3 Å². The molecule has 1 aliphatic heterocycles. The predicted molar refractivity (Wildman–Crippen MR) is 97.9 cm³/mol. The van der Waals surface area contributed by atoms with Gasteiger partial charge in [0.05, 0.1) is 13.0 Å². The second-order valence-corrected chi connectivity index (χ2v) is 6.51. The standard InChI is InChI=1S/C20H22O8/c1-26-15-4-2-11(6-14(15)23)18(19(20(24)25)13(8-21)9-22)12-3-5-16-17(7-12)28-10-27-16/h2-7,13,18-19,21-23H,8-10H2,1H3,(H,24,25)/t18?,19-/m1/s1. The Morgan fingerprint density at radius 3 is 2.32 bits per heavy atom. The highest BCUT2D eigenvalue weighted by atomic mass is 16.7. The van der Waals surface area contributed by atoms with Crippen LogP contribution in [-0.2, 0) is 4.79 Å². The highest BCUT2D eigenvalue weighted by Gasteiger charge is 2.38. The number of carboxylic acids is 1. The number of aliphatic carboxylic acids is 1. The van der Waals surface area contributed by atoms with E-state index in [1.807, 2.05) is 0 Å². The van der Waals surface area contributed by atoms with E-state index in [2.05, 4.69) is 0 Å². The van der Waals surface area contributed by atoms with Crippen LogP contribution in [0.25, 0.3) is 0 Å². The predicted octanol–water partition coefficient (Wildman–Crippen LogP) is 1.56. The molecule has 0 fully saturated rings. The van der Waals surface area contributed by atoms with Gasteiger partial charge in [-0.2, -0.15) is 0 Å². The zero-order chi connectivity index (χ0) is 20.3. The van der Waals surface area contributed by atoms with Crippen molar-refractivity contribution in [2.45, 2.75) is 5.92 Å². The summed E-state index contributed by atoms with van der Waals surface area (Å²) >= 11 is 0. The molecule has 3 rings (SSSR count). The highest BCUT2D eigenvalue weighted by Crippen LogP contribution is 2.43. The van der Waals surface area contributed by atoms with Gasteiger partial charge in [-0.25, -0.2) is 0 Å². The number of hydrogen-bond acceptors (Lipinski definition) is 7. The first-order valence-corrected chi connectivity index (χ1v) is 8.71. The van der Waals surface area contributed by atoms with E-state index in [1.165, 1.54) is 19.2 Å². The molecule has 150 valence electrons. The maximum absolute atomic E-state index is 12.1. The Labute approximate surface area is 161 Å². The zero-order valence-corrected chi connectivity index (χ0v) is 15.2. The summed E-state index contributed by atoms with van der Waals surface area (Å²) in [5.74, 6) is -2.86. The molecule has 0 radical (unpaired) electrons. The monoisotopic (exact) mass is 390 g/mol. The van der Waals surface area contributed by atoms with Crippen molar-refractivity contribution in [3.05, 3.63) is 47.5 Å². The van der Waals surface area contributed by atoms with Gasteiger partial charge >= 0.3 is 5.97 Å². The minimum atomic E-state index is -1.17. The van der Waals surface area contributed by atoms with Gasteiger partial charge in [0.1, 0.15) is 0 Å². The summed E-state index contributed by atoms with van der Waals surface area (Å²) in [6.07, 6.45) is 0. The van der Waals surface area contributed by atoms with Crippen molar-refractivity contribution >= 4 is 5.97 Å². The van der Waals surface area contributed by atoms with Gasteiger partial charge in [0.15, 0.2) is 23.0 Å². The van der Waals surface area contributed by atoms with Crippen LogP contribution >= 0.6 is 0 Å². The Morgan fingerprint density at radius 2 is 1.71 bits per heavy atom. The number of ether oxygens (including phenoxy) is 3. The summed E-state index contributed by atoms with van der Waals surface area (Å²) < 4.78 is 15.8. The SMILES string of the molecule is COc1ccc(C(c2ccc3c(c2)OCO3)[C@H](C(=O)O)C(CO)CO)cc1O. The molecule has 0 spiro atoms. The molecule has 2 atom stereocenters. The molecule has 0 bridgehead atoms. The number of rotatable bonds is 8. The van der Waals surface area contributed by atoms with Crippen LogP contribution < -0.4 is 14.2 Å². The number of carbonyl (C=O) groups is 1. The van der Waals surface area contributed by atoms with Crippen LogP contribution in [0, 0.1) is 11.8 Å². The molecule has 8 nitrogen and oxygen atoms in total. The maximum atomic E-state index is 12.1. The number of phenols is 1. The fraction of sp³-hybridized carbons (Fsp3) is 0.350. The zero-order valence-electron chi connectivity index (χ0n) is 15.2. The summed E-state index contributed by atoms with van der Waals surface area (Å²) in [4.78, 5) is 12.1. The molecule has 8 heteroatoms. The first-order valence-electron chi connectivity index (χ1n) is 8.71. The van der Waals surface area contributed by atoms with Crippen LogP contribution in [0.1, 0.15) is 17.0 Å². The summed E-state index contributed by atoms with van der Waals surface area (Å²) in [5, 5.41) is 39.4. The van der Waals surface area contributed by atoms with Crippen molar-refractivity contribution < 1.29 is 39.4 Å². The number of aromatic hydroxyl groups is 1. The lowest BCUT2D eigenvalue weighted by atomic mass is 9.74. The number of fused-ring (bicyclic) bond motifs is 1. The van der Waals surface area contributed by atoms with E-state index in [4.69, 9.17) is 14.2 Å². The molecule has 0 aliphatic carbocycles. The molecule has 1 heterocycles. The molecule has 0 amide bonds. The molecular weight excluding hydrogens is 368 g/mol. The first kappa shape index (κ1) is 19.8. The number of benzene rings is 2. The number of aliphatic hydroxyl groups excluding tert-OH is 2. The van der Waals surface area contributed by atoms with Gasteiger partial charge in [0, 0.05) is 25.0 Å².